The normalized spacial score (nSPS) is 28.4. The molecule has 1 aliphatic heterocycles. The van der Waals surface area contributed by atoms with Crippen LogP contribution in [0, 0.1) is 11.7 Å². The van der Waals surface area contributed by atoms with Gasteiger partial charge in [0.05, 0.1) is 6.04 Å². The van der Waals surface area contributed by atoms with Crippen LogP contribution in [0.5, 0.6) is 0 Å². The number of nitrogens with zero attached hydrogens (tertiary/aromatic N) is 1. The fraction of sp³-hybridized carbons (Fsp3) is 0.625. The zero-order valence-electron chi connectivity index (χ0n) is 11.7. The van der Waals surface area contributed by atoms with Crippen LogP contribution in [0.2, 0.25) is 0 Å². The number of hydrogen-bond donors (Lipinski definition) is 1. The Kier molecular flexibility index (Phi) is 4.43. The largest absolute Gasteiger partial charge is 0.329 e. The number of nitrogens with two attached hydrogens (primary N) is 1. The van der Waals surface area contributed by atoms with Crippen LogP contribution >= 0.6 is 15.9 Å². The first-order chi connectivity index (χ1) is 9.70. The lowest BCUT2D eigenvalue weighted by Gasteiger charge is -2.37. The minimum Gasteiger partial charge on any atom is -0.329 e. The second kappa shape index (κ2) is 6.12. The monoisotopic (exact) mass is 340 g/mol. The molecule has 1 aromatic rings. The summed E-state index contributed by atoms with van der Waals surface area (Å²) in [5, 5.41) is 0. The third-order valence-electron chi connectivity index (χ3n) is 5.00. The van der Waals surface area contributed by atoms with Crippen molar-refractivity contribution in [2.45, 2.75) is 44.2 Å². The van der Waals surface area contributed by atoms with Crippen molar-refractivity contribution in [3.05, 3.63) is 34.1 Å². The number of hydrogen-bond acceptors (Lipinski definition) is 2. The van der Waals surface area contributed by atoms with Crippen LogP contribution in [0.4, 0.5) is 4.39 Å². The van der Waals surface area contributed by atoms with E-state index >= 15 is 0 Å². The molecule has 3 atom stereocenters. The molecule has 2 N–H and O–H groups in total. The average molecular weight is 341 g/mol. The zero-order valence-corrected chi connectivity index (χ0v) is 13.3. The van der Waals surface area contributed by atoms with E-state index in [4.69, 9.17) is 5.73 Å². The van der Waals surface area contributed by atoms with E-state index in [1.54, 1.807) is 6.07 Å². The Labute approximate surface area is 128 Å². The van der Waals surface area contributed by atoms with Crippen LogP contribution in [0.15, 0.2) is 22.7 Å². The Hall–Kier alpha value is -0.450. The summed E-state index contributed by atoms with van der Waals surface area (Å²) < 4.78 is 15.0. The third kappa shape index (κ3) is 2.66. The van der Waals surface area contributed by atoms with Gasteiger partial charge in [0.1, 0.15) is 5.82 Å². The summed E-state index contributed by atoms with van der Waals surface area (Å²) in [6.45, 7) is 1.55. The Morgan fingerprint density at radius 1 is 1.30 bits per heavy atom. The van der Waals surface area contributed by atoms with E-state index in [9.17, 15) is 4.39 Å². The van der Waals surface area contributed by atoms with E-state index in [0.29, 0.717) is 12.6 Å². The highest BCUT2D eigenvalue weighted by Gasteiger charge is 2.39. The van der Waals surface area contributed by atoms with Crippen LogP contribution in [0.25, 0.3) is 0 Å². The van der Waals surface area contributed by atoms with Crippen molar-refractivity contribution in [3.63, 3.8) is 0 Å². The SMILES string of the molecule is NCC(c1ccc(Br)cc1F)N1CCC2CCCCC21. The van der Waals surface area contributed by atoms with Gasteiger partial charge in [-0.25, -0.2) is 4.39 Å². The van der Waals surface area contributed by atoms with Crippen molar-refractivity contribution in [1.29, 1.82) is 0 Å². The minimum atomic E-state index is -0.144. The van der Waals surface area contributed by atoms with Crippen molar-refractivity contribution in [2.24, 2.45) is 11.7 Å². The number of benzene rings is 1. The van der Waals surface area contributed by atoms with E-state index in [2.05, 4.69) is 20.8 Å². The molecule has 3 rings (SSSR count). The molecule has 2 nitrogen and oxygen atoms in total. The fourth-order valence-electron chi connectivity index (χ4n) is 4.04. The molecule has 1 saturated carbocycles. The van der Waals surface area contributed by atoms with Gasteiger partial charge in [-0.1, -0.05) is 34.8 Å². The van der Waals surface area contributed by atoms with E-state index in [1.165, 1.54) is 32.1 Å². The molecule has 0 amide bonds. The lowest BCUT2D eigenvalue weighted by atomic mass is 9.84. The predicted octanol–water partition coefficient (Wildman–Crippen LogP) is 3.85. The molecule has 1 heterocycles. The average Bonchev–Trinajstić information content (AvgIpc) is 2.86. The third-order valence-corrected chi connectivity index (χ3v) is 5.49. The molecule has 2 fully saturated rings. The van der Waals surface area contributed by atoms with Crippen molar-refractivity contribution < 1.29 is 4.39 Å². The van der Waals surface area contributed by atoms with Crippen LogP contribution < -0.4 is 5.73 Å². The van der Waals surface area contributed by atoms with Crippen molar-refractivity contribution >= 4 is 15.9 Å². The maximum absolute atomic E-state index is 14.3. The Balaban J connectivity index is 1.86. The van der Waals surface area contributed by atoms with Gasteiger partial charge in [0, 0.05) is 22.6 Å². The summed E-state index contributed by atoms with van der Waals surface area (Å²) in [5.41, 5.74) is 6.75. The molecule has 0 spiro atoms. The summed E-state index contributed by atoms with van der Waals surface area (Å²) >= 11 is 3.32. The molecule has 110 valence electrons. The van der Waals surface area contributed by atoms with Crippen molar-refractivity contribution in [2.75, 3.05) is 13.1 Å². The molecule has 0 bridgehead atoms. The van der Waals surface area contributed by atoms with Gasteiger partial charge < -0.3 is 5.73 Å². The smallest absolute Gasteiger partial charge is 0.129 e. The first-order valence-electron chi connectivity index (χ1n) is 7.61. The summed E-state index contributed by atoms with van der Waals surface area (Å²) in [7, 11) is 0. The molecular formula is C16H22BrFN2. The molecule has 1 aliphatic carbocycles. The molecule has 4 heteroatoms. The van der Waals surface area contributed by atoms with Gasteiger partial charge in [-0.05, 0) is 43.9 Å². The van der Waals surface area contributed by atoms with Gasteiger partial charge in [-0.15, -0.1) is 0 Å². The Morgan fingerprint density at radius 2 is 2.10 bits per heavy atom. The van der Waals surface area contributed by atoms with Crippen LogP contribution in [0.1, 0.15) is 43.7 Å². The van der Waals surface area contributed by atoms with Gasteiger partial charge >= 0.3 is 0 Å². The Morgan fingerprint density at radius 3 is 2.85 bits per heavy atom. The molecule has 1 aromatic carbocycles. The number of halogens is 2. The highest BCUT2D eigenvalue weighted by Crippen LogP contribution is 2.40. The lowest BCUT2D eigenvalue weighted by molar-refractivity contribution is 0.133. The standard InChI is InChI=1S/C16H22BrFN2/c17-12-5-6-13(14(18)9-12)16(10-19)20-8-7-11-3-1-2-4-15(11)20/h5-6,9,11,15-16H,1-4,7-8,10,19H2. The van der Waals surface area contributed by atoms with E-state index in [0.717, 1.165) is 22.5 Å². The molecule has 0 aromatic heterocycles. The fourth-order valence-corrected chi connectivity index (χ4v) is 4.38. The second-order valence-electron chi connectivity index (χ2n) is 6.06. The second-order valence-corrected chi connectivity index (χ2v) is 6.97. The molecule has 20 heavy (non-hydrogen) atoms. The molecule has 1 saturated heterocycles. The quantitative estimate of drug-likeness (QED) is 0.905. The number of fused-ring (bicyclic) bond motifs is 1. The molecule has 0 radical (unpaired) electrons. The molecule has 3 unspecified atom stereocenters. The van der Waals surface area contributed by atoms with Gasteiger partial charge in [0.25, 0.3) is 0 Å². The van der Waals surface area contributed by atoms with Gasteiger partial charge in [-0.3, -0.25) is 4.90 Å². The summed E-state index contributed by atoms with van der Waals surface area (Å²) in [5.74, 6) is 0.658. The highest BCUT2D eigenvalue weighted by molar-refractivity contribution is 9.10. The number of rotatable bonds is 3. The van der Waals surface area contributed by atoms with E-state index in [1.807, 2.05) is 12.1 Å². The summed E-state index contributed by atoms with van der Waals surface area (Å²) in [4.78, 5) is 2.47. The van der Waals surface area contributed by atoms with Crippen LogP contribution in [0.3, 0.4) is 0 Å². The lowest BCUT2D eigenvalue weighted by Crippen LogP contribution is -2.40. The Bertz CT molecular complexity index is 480. The highest BCUT2D eigenvalue weighted by atomic mass is 79.9. The predicted molar refractivity (Wildman–Crippen MR) is 83.0 cm³/mol. The minimum absolute atomic E-state index is 0.0243. The molecular weight excluding hydrogens is 319 g/mol. The first kappa shape index (κ1) is 14.5. The topological polar surface area (TPSA) is 29.3 Å². The van der Waals surface area contributed by atoms with Gasteiger partial charge in [-0.2, -0.15) is 0 Å². The first-order valence-corrected chi connectivity index (χ1v) is 8.40. The van der Waals surface area contributed by atoms with Crippen molar-refractivity contribution in [3.8, 4) is 0 Å². The maximum Gasteiger partial charge on any atom is 0.129 e. The van der Waals surface area contributed by atoms with Gasteiger partial charge in [0.15, 0.2) is 0 Å². The van der Waals surface area contributed by atoms with Gasteiger partial charge in [0.2, 0.25) is 0 Å². The van der Waals surface area contributed by atoms with Crippen molar-refractivity contribution in [1.82, 2.24) is 4.90 Å². The maximum atomic E-state index is 14.3. The molecule has 2 aliphatic rings. The summed E-state index contributed by atoms with van der Waals surface area (Å²) in [6, 6.07) is 5.98. The van der Waals surface area contributed by atoms with E-state index in [-0.39, 0.29) is 11.9 Å². The number of likely N-dealkylation sites (tertiary alicyclic amines) is 1. The zero-order chi connectivity index (χ0) is 14.1. The summed E-state index contributed by atoms with van der Waals surface area (Å²) in [6.07, 6.45) is 6.49. The van der Waals surface area contributed by atoms with E-state index < -0.39 is 0 Å². The van der Waals surface area contributed by atoms with Crippen LogP contribution in [-0.4, -0.2) is 24.0 Å². The van der Waals surface area contributed by atoms with Crippen LogP contribution in [-0.2, 0) is 0 Å².